The Balaban J connectivity index is 1.65. The number of anilines is 1. The van der Waals surface area contributed by atoms with Gasteiger partial charge in [0.05, 0.1) is 16.2 Å². The van der Waals surface area contributed by atoms with E-state index in [2.05, 4.69) is 76.4 Å². The van der Waals surface area contributed by atoms with Gasteiger partial charge in [-0.05, 0) is 31.3 Å². The number of hydrogen-bond donors (Lipinski definition) is 1. The van der Waals surface area contributed by atoms with E-state index in [0.717, 1.165) is 26.2 Å². The van der Waals surface area contributed by atoms with Crippen LogP contribution < -0.4 is 4.90 Å². The van der Waals surface area contributed by atoms with E-state index in [-0.39, 0.29) is 0 Å². The second kappa shape index (κ2) is 6.30. The van der Waals surface area contributed by atoms with Crippen molar-refractivity contribution in [2.45, 2.75) is 9.92 Å². The van der Waals surface area contributed by atoms with Gasteiger partial charge < -0.3 is 14.8 Å². The van der Waals surface area contributed by atoms with Crippen LogP contribution in [0.2, 0.25) is 0 Å². The first-order valence-electron chi connectivity index (χ1n) is 8.08. The van der Waals surface area contributed by atoms with Crippen molar-refractivity contribution >= 4 is 28.4 Å². The number of hydrogen-bond acceptors (Lipinski definition) is 3. The molecule has 23 heavy (non-hydrogen) atoms. The van der Waals surface area contributed by atoms with E-state index in [1.54, 1.807) is 11.8 Å². The highest BCUT2D eigenvalue weighted by molar-refractivity contribution is 7.99. The normalized spacial score (nSPS) is 16.1. The van der Waals surface area contributed by atoms with Gasteiger partial charge in [0, 0.05) is 36.5 Å². The highest BCUT2D eigenvalue weighted by Gasteiger charge is 2.17. The lowest BCUT2D eigenvalue weighted by Gasteiger charge is -2.34. The summed E-state index contributed by atoms with van der Waals surface area (Å²) in [6.07, 6.45) is 0. The molecule has 0 radical (unpaired) electrons. The van der Waals surface area contributed by atoms with Gasteiger partial charge in [0.1, 0.15) is 0 Å². The van der Waals surface area contributed by atoms with Crippen molar-refractivity contribution in [2.75, 3.05) is 38.1 Å². The van der Waals surface area contributed by atoms with Crippen LogP contribution in [0.4, 0.5) is 5.69 Å². The molecule has 0 saturated carbocycles. The standard InChI is InChI=1S/C19H21N3S/c1-21-10-12-22(13-11-21)17-9-5-6-15-14-18(20-19(15)17)23-16-7-3-2-4-8-16/h2-9,14,20H,10-13H2,1H3. The van der Waals surface area contributed by atoms with E-state index >= 15 is 0 Å². The van der Waals surface area contributed by atoms with Crippen LogP contribution in [0.5, 0.6) is 0 Å². The molecule has 1 N–H and O–H groups in total. The fraction of sp³-hybridized carbons (Fsp3) is 0.263. The summed E-state index contributed by atoms with van der Waals surface area (Å²) in [5.41, 5.74) is 2.59. The first-order valence-corrected chi connectivity index (χ1v) is 8.89. The number of benzene rings is 2. The van der Waals surface area contributed by atoms with Gasteiger partial charge in [-0.1, -0.05) is 42.1 Å². The van der Waals surface area contributed by atoms with Crippen molar-refractivity contribution in [3.63, 3.8) is 0 Å². The molecule has 4 heteroatoms. The maximum Gasteiger partial charge on any atom is 0.0781 e. The molecule has 3 nitrogen and oxygen atoms in total. The Hall–Kier alpha value is -1.91. The first kappa shape index (κ1) is 14.7. The Morgan fingerprint density at radius 1 is 0.913 bits per heavy atom. The van der Waals surface area contributed by atoms with Crippen LogP contribution in [-0.2, 0) is 0 Å². The third kappa shape index (κ3) is 3.09. The third-order valence-electron chi connectivity index (χ3n) is 4.42. The summed E-state index contributed by atoms with van der Waals surface area (Å²) in [6.45, 7) is 4.44. The minimum absolute atomic E-state index is 1.09. The van der Waals surface area contributed by atoms with E-state index in [1.165, 1.54) is 26.5 Å². The Labute approximate surface area is 141 Å². The Morgan fingerprint density at radius 2 is 1.70 bits per heavy atom. The summed E-state index contributed by atoms with van der Waals surface area (Å²) in [4.78, 5) is 9.78. The van der Waals surface area contributed by atoms with Crippen LogP contribution in [-0.4, -0.2) is 43.1 Å². The Morgan fingerprint density at radius 3 is 2.48 bits per heavy atom. The van der Waals surface area contributed by atoms with Gasteiger partial charge in [0.15, 0.2) is 0 Å². The summed E-state index contributed by atoms with van der Waals surface area (Å²) in [5, 5.41) is 2.49. The van der Waals surface area contributed by atoms with Gasteiger partial charge in [0.2, 0.25) is 0 Å². The minimum Gasteiger partial charge on any atom is -0.367 e. The molecule has 1 aliphatic heterocycles. The van der Waals surface area contributed by atoms with Crippen molar-refractivity contribution < 1.29 is 0 Å². The predicted molar refractivity (Wildman–Crippen MR) is 98.6 cm³/mol. The van der Waals surface area contributed by atoms with Crippen LogP contribution in [0.25, 0.3) is 10.9 Å². The molecule has 0 atom stereocenters. The molecule has 1 aromatic heterocycles. The molecule has 2 heterocycles. The molecule has 2 aromatic carbocycles. The Kier molecular flexibility index (Phi) is 4.02. The van der Waals surface area contributed by atoms with Gasteiger partial charge in [-0.15, -0.1) is 0 Å². The SMILES string of the molecule is CN1CCN(c2cccc3cc(Sc4ccccc4)[nH]c23)CC1. The predicted octanol–water partition coefficient (Wildman–Crippen LogP) is 4.07. The summed E-state index contributed by atoms with van der Waals surface area (Å²) in [7, 11) is 2.20. The largest absolute Gasteiger partial charge is 0.367 e. The van der Waals surface area contributed by atoms with Gasteiger partial charge in [-0.25, -0.2) is 0 Å². The van der Waals surface area contributed by atoms with Gasteiger partial charge in [0.25, 0.3) is 0 Å². The van der Waals surface area contributed by atoms with Crippen LogP contribution in [0, 0.1) is 0 Å². The lowest BCUT2D eigenvalue weighted by atomic mass is 10.2. The summed E-state index contributed by atoms with van der Waals surface area (Å²) in [6, 6.07) is 19.4. The number of nitrogens with one attached hydrogen (secondary N) is 1. The van der Waals surface area contributed by atoms with Crippen molar-refractivity contribution in [2.24, 2.45) is 0 Å². The number of para-hydroxylation sites is 1. The first-order chi connectivity index (χ1) is 11.3. The number of likely N-dealkylation sites (N-methyl/N-ethyl adjacent to an activating group) is 1. The molecule has 0 bridgehead atoms. The van der Waals surface area contributed by atoms with Crippen LogP contribution in [0.15, 0.2) is 64.5 Å². The number of piperazine rings is 1. The molecule has 0 unspecified atom stereocenters. The van der Waals surface area contributed by atoms with Crippen LogP contribution in [0.1, 0.15) is 0 Å². The van der Waals surface area contributed by atoms with E-state index in [0.29, 0.717) is 0 Å². The second-order valence-corrected chi connectivity index (χ2v) is 7.20. The molecular formula is C19H21N3S. The quantitative estimate of drug-likeness (QED) is 0.785. The molecule has 0 spiro atoms. The number of rotatable bonds is 3. The zero-order valence-corrected chi connectivity index (χ0v) is 14.1. The smallest absolute Gasteiger partial charge is 0.0781 e. The Bertz CT molecular complexity index is 789. The van der Waals surface area contributed by atoms with Gasteiger partial charge >= 0.3 is 0 Å². The molecule has 4 rings (SSSR count). The number of fused-ring (bicyclic) bond motifs is 1. The number of H-pyrrole nitrogens is 1. The van der Waals surface area contributed by atoms with Gasteiger partial charge in [-0.2, -0.15) is 0 Å². The molecule has 118 valence electrons. The lowest BCUT2D eigenvalue weighted by Crippen LogP contribution is -2.44. The highest BCUT2D eigenvalue weighted by Crippen LogP contribution is 2.33. The molecule has 1 saturated heterocycles. The average molecular weight is 323 g/mol. The number of aromatic amines is 1. The molecule has 1 fully saturated rings. The van der Waals surface area contributed by atoms with Crippen molar-refractivity contribution in [1.29, 1.82) is 0 Å². The summed E-state index contributed by atoms with van der Waals surface area (Å²) >= 11 is 1.79. The maximum absolute atomic E-state index is 3.63. The highest BCUT2D eigenvalue weighted by atomic mass is 32.2. The van der Waals surface area contributed by atoms with Crippen molar-refractivity contribution in [3.05, 3.63) is 54.6 Å². The topological polar surface area (TPSA) is 22.3 Å². The summed E-state index contributed by atoms with van der Waals surface area (Å²) < 4.78 is 0. The minimum atomic E-state index is 1.09. The van der Waals surface area contributed by atoms with Gasteiger partial charge in [-0.3, -0.25) is 0 Å². The summed E-state index contributed by atoms with van der Waals surface area (Å²) in [5.74, 6) is 0. The van der Waals surface area contributed by atoms with E-state index in [9.17, 15) is 0 Å². The molecule has 0 amide bonds. The fourth-order valence-electron chi connectivity index (χ4n) is 3.10. The molecule has 3 aromatic rings. The van der Waals surface area contributed by atoms with E-state index in [1.807, 2.05) is 0 Å². The molecule has 0 aliphatic carbocycles. The van der Waals surface area contributed by atoms with Crippen molar-refractivity contribution in [3.8, 4) is 0 Å². The molecule has 1 aliphatic rings. The van der Waals surface area contributed by atoms with E-state index < -0.39 is 0 Å². The van der Waals surface area contributed by atoms with E-state index in [4.69, 9.17) is 0 Å². The zero-order chi connectivity index (χ0) is 15.6. The second-order valence-electron chi connectivity index (χ2n) is 6.08. The average Bonchev–Trinajstić information content (AvgIpc) is 2.99. The maximum atomic E-state index is 3.63. The number of nitrogens with zero attached hydrogens (tertiary/aromatic N) is 2. The number of aromatic nitrogens is 1. The zero-order valence-electron chi connectivity index (χ0n) is 13.3. The lowest BCUT2D eigenvalue weighted by molar-refractivity contribution is 0.313. The van der Waals surface area contributed by atoms with Crippen LogP contribution >= 0.6 is 11.8 Å². The molecular weight excluding hydrogens is 302 g/mol. The van der Waals surface area contributed by atoms with Crippen LogP contribution in [0.3, 0.4) is 0 Å². The monoisotopic (exact) mass is 323 g/mol. The third-order valence-corrected chi connectivity index (χ3v) is 5.37. The van der Waals surface area contributed by atoms with Crippen molar-refractivity contribution in [1.82, 2.24) is 9.88 Å². The fourth-order valence-corrected chi connectivity index (χ4v) is 3.98.